The molecule has 0 aliphatic heterocycles. The molecule has 3 rings (SSSR count). The highest BCUT2D eigenvalue weighted by molar-refractivity contribution is 6.03. The van der Waals surface area contributed by atoms with E-state index < -0.39 is 0 Å². The van der Waals surface area contributed by atoms with Crippen LogP contribution in [0.5, 0.6) is 0 Å². The van der Waals surface area contributed by atoms with Crippen LogP contribution in [-0.4, -0.2) is 15.9 Å². The number of anilines is 3. The molecule has 0 unspecified atom stereocenters. The van der Waals surface area contributed by atoms with E-state index in [9.17, 15) is 9.18 Å². The van der Waals surface area contributed by atoms with Crippen molar-refractivity contribution in [1.29, 1.82) is 0 Å². The number of halogens is 1. The third kappa shape index (κ3) is 4.38. The molecule has 0 aliphatic carbocycles. The summed E-state index contributed by atoms with van der Waals surface area (Å²) in [6, 6.07) is 13.3. The smallest absolute Gasteiger partial charge is 0.274 e. The lowest BCUT2D eigenvalue weighted by Gasteiger charge is -2.09. The Bertz CT molecular complexity index is 907. The van der Waals surface area contributed by atoms with Gasteiger partial charge in [-0.15, -0.1) is 0 Å². The van der Waals surface area contributed by atoms with Crippen molar-refractivity contribution in [2.75, 3.05) is 10.6 Å². The second kappa shape index (κ2) is 7.09. The minimum atomic E-state index is -0.367. The van der Waals surface area contributed by atoms with Crippen LogP contribution in [0.2, 0.25) is 0 Å². The minimum absolute atomic E-state index is 0.216. The topological polar surface area (TPSA) is 66.9 Å². The van der Waals surface area contributed by atoms with Crippen LogP contribution in [0, 0.1) is 19.7 Å². The SMILES string of the molecule is Cc1cc(C)cc(NC(=O)c2ccnc(Nc3cccc(F)c3)n2)c1. The number of nitrogens with zero attached hydrogens (tertiary/aromatic N) is 2. The zero-order valence-corrected chi connectivity index (χ0v) is 13.9. The number of benzene rings is 2. The van der Waals surface area contributed by atoms with E-state index >= 15 is 0 Å². The standard InChI is InChI=1S/C19H17FN4O/c1-12-8-13(2)10-16(9-12)22-18(25)17-6-7-21-19(24-17)23-15-5-3-4-14(20)11-15/h3-11H,1-2H3,(H,22,25)(H,21,23,24). The van der Waals surface area contributed by atoms with Crippen molar-refractivity contribution in [3.63, 3.8) is 0 Å². The molecule has 2 N–H and O–H groups in total. The summed E-state index contributed by atoms with van der Waals surface area (Å²) in [5, 5.41) is 5.70. The Balaban J connectivity index is 1.77. The van der Waals surface area contributed by atoms with Crippen molar-refractivity contribution in [1.82, 2.24) is 9.97 Å². The Hall–Kier alpha value is -3.28. The second-order valence-electron chi connectivity index (χ2n) is 5.73. The van der Waals surface area contributed by atoms with Gasteiger partial charge in [0, 0.05) is 17.6 Å². The van der Waals surface area contributed by atoms with Crippen molar-refractivity contribution < 1.29 is 9.18 Å². The van der Waals surface area contributed by atoms with Crippen LogP contribution in [0.3, 0.4) is 0 Å². The molecular weight excluding hydrogens is 319 g/mol. The largest absolute Gasteiger partial charge is 0.324 e. The second-order valence-corrected chi connectivity index (χ2v) is 5.73. The molecule has 0 radical (unpaired) electrons. The van der Waals surface area contributed by atoms with Crippen LogP contribution >= 0.6 is 0 Å². The summed E-state index contributed by atoms with van der Waals surface area (Å²) in [6.45, 7) is 3.93. The van der Waals surface area contributed by atoms with Crippen molar-refractivity contribution in [3.05, 3.63) is 77.4 Å². The van der Waals surface area contributed by atoms with Crippen LogP contribution in [0.15, 0.2) is 54.7 Å². The maximum absolute atomic E-state index is 13.2. The number of amides is 1. The predicted octanol–water partition coefficient (Wildman–Crippen LogP) is 4.23. The van der Waals surface area contributed by atoms with Crippen LogP contribution in [0.4, 0.5) is 21.7 Å². The van der Waals surface area contributed by atoms with Gasteiger partial charge < -0.3 is 10.6 Å². The number of carbonyl (C=O) groups excluding carboxylic acids is 1. The number of hydrogen-bond donors (Lipinski definition) is 2. The lowest BCUT2D eigenvalue weighted by Crippen LogP contribution is -2.15. The van der Waals surface area contributed by atoms with E-state index in [0.717, 1.165) is 11.1 Å². The van der Waals surface area contributed by atoms with Gasteiger partial charge >= 0.3 is 0 Å². The van der Waals surface area contributed by atoms with Gasteiger partial charge in [-0.2, -0.15) is 0 Å². The number of aryl methyl sites for hydroxylation is 2. The van der Waals surface area contributed by atoms with Gasteiger partial charge in [0.15, 0.2) is 0 Å². The summed E-state index contributed by atoms with van der Waals surface area (Å²) >= 11 is 0. The number of hydrogen-bond acceptors (Lipinski definition) is 4. The highest BCUT2D eigenvalue weighted by Gasteiger charge is 2.10. The number of carbonyl (C=O) groups is 1. The Kier molecular flexibility index (Phi) is 4.70. The molecule has 6 heteroatoms. The third-order valence-electron chi connectivity index (χ3n) is 3.45. The van der Waals surface area contributed by atoms with E-state index in [0.29, 0.717) is 11.4 Å². The van der Waals surface area contributed by atoms with Crippen LogP contribution in [0.25, 0.3) is 0 Å². The first kappa shape index (κ1) is 16.6. The summed E-state index contributed by atoms with van der Waals surface area (Å²) in [7, 11) is 0. The van der Waals surface area contributed by atoms with E-state index in [1.807, 2.05) is 32.0 Å². The lowest BCUT2D eigenvalue weighted by molar-refractivity contribution is 0.102. The molecule has 0 atom stereocenters. The maximum atomic E-state index is 13.2. The maximum Gasteiger partial charge on any atom is 0.274 e. The van der Waals surface area contributed by atoms with Crippen molar-refractivity contribution >= 4 is 23.2 Å². The molecule has 0 fully saturated rings. The first-order chi connectivity index (χ1) is 12.0. The van der Waals surface area contributed by atoms with Crippen LogP contribution in [0.1, 0.15) is 21.6 Å². The lowest BCUT2D eigenvalue weighted by atomic mass is 10.1. The highest BCUT2D eigenvalue weighted by atomic mass is 19.1. The fraction of sp³-hybridized carbons (Fsp3) is 0.105. The Morgan fingerprint density at radius 3 is 2.48 bits per heavy atom. The first-order valence-corrected chi connectivity index (χ1v) is 7.75. The molecule has 0 saturated carbocycles. The monoisotopic (exact) mass is 336 g/mol. The normalized spacial score (nSPS) is 10.4. The van der Waals surface area contributed by atoms with E-state index in [2.05, 4.69) is 20.6 Å². The zero-order chi connectivity index (χ0) is 17.8. The molecule has 126 valence electrons. The number of aromatic nitrogens is 2. The number of rotatable bonds is 4. The Morgan fingerprint density at radius 1 is 1.00 bits per heavy atom. The van der Waals surface area contributed by atoms with E-state index in [4.69, 9.17) is 0 Å². The molecular formula is C19H17FN4O. The molecule has 0 spiro atoms. The Morgan fingerprint density at radius 2 is 1.76 bits per heavy atom. The quantitative estimate of drug-likeness (QED) is 0.748. The summed E-state index contributed by atoms with van der Waals surface area (Å²) in [5.74, 6) is -0.484. The van der Waals surface area contributed by atoms with E-state index in [-0.39, 0.29) is 23.4 Å². The average Bonchev–Trinajstić information content (AvgIpc) is 2.54. The van der Waals surface area contributed by atoms with Crippen LogP contribution < -0.4 is 10.6 Å². The summed E-state index contributed by atoms with van der Waals surface area (Å²) in [4.78, 5) is 20.6. The van der Waals surface area contributed by atoms with E-state index in [1.54, 1.807) is 12.1 Å². The van der Waals surface area contributed by atoms with Gasteiger partial charge in [0.25, 0.3) is 5.91 Å². The van der Waals surface area contributed by atoms with Gasteiger partial charge in [0.2, 0.25) is 5.95 Å². The molecule has 1 aromatic heterocycles. The molecule has 25 heavy (non-hydrogen) atoms. The predicted molar refractivity (Wildman–Crippen MR) is 95.6 cm³/mol. The molecule has 0 saturated heterocycles. The third-order valence-corrected chi connectivity index (χ3v) is 3.45. The fourth-order valence-corrected chi connectivity index (χ4v) is 2.48. The van der Waals surface area contributed by atoms with Crippen molar-refractivity contribution in [3.8, 4) is 0 Å². The summed E-state index contributed by atoms with van der Waals surface area (Å²) in [6.07, 6.45) is 1.48. The number of nitrogens with one attached hydrogen (secondary N) is 2. The molecule has 0 bridgehead atoms. The van der Waals surface area contributed by atoms with Gasteiger partial charge in [0.05, 0.1) is 0 Å². The molecule has 1 amide bonds. The molecule has 1 heterocycles. The van der Waals surface area contributed by atoms with Gasteiger partial charge in [-0.1, -0.05) is 12.1 Å². The van der Waals surface area contributed by atoms with E-state index in [1.165, 1.54) is 24.4 Å². The minimum Gasteiger partial charge on any atom is -0.324 e. The molecule has 0 aliphatic rings. The molecule has 3 aromatic rings. The van der Waals surface area contributed by atoms with Gasteiger partial charge in [-0.05, 0) is 61.4 Å². The first-order valence-electron chi connectivity index (χ1n) is 7.75. The summed E-state index contributed by atoms with van der Waals surface area (Å²) < 4.78 is 13.2. The van der Waals surface area contributed by atoms with Gasteiger partial charge in [0.1, 0.15) is 11.5 Å². The van der Waals surface area contributed by atoms with Crippen molar-refractivity contribution in [2.45, 2.75) is 13.8 Å². The highest BCUT2D eigenvalue weighted by Crippen LogP contribution is 2.16. The fourth-order valence-electron chi connectivity index (χ4n) is 2.48. The van der Waals surface area contributed by atoms with Crippen LogP contribution in [-0.2, 0) is 0 Å². The Labute approximate surface area is 145 Å². The van der Waals surface area contributed by atoms with Gasteiger partial charge in [-0.3, -0.25) is 4.79 Å². The summed E-state index contributed by atoms with van der Waals surface area (Å²) in [5.41, 5.74) is 3.55. The molecule has 2 aromatic carbocycles. The average molecular weight is 336 g/mol. The zero-order valence-electron chi connectivity index (χ0n) is 13.9. The molecule has 5 nitrogen and oxygen atoms in total. The van der Waals surface area contributed by atoms with Crippen molar-refractivity contribution in [2.24, 2.45) is 0 Å². The van der Waals surface area contributed by atoms with Gasteiger partial charge in [-0.25, -0.2) is 14.4 Å².